The summed E-state index contributed by atoms with van der Waals surface area (Å²) < 4.78 is 25.9. The maximum Gasteiger partial charge on any atom is 0.233 e. The summed E-state index contributed by atoms with van der Waals surface area (Å²) in [5.41, 5.74) is 1.48. The molecule has 1 aliphatic rings. The Labute approximate surface area is 190 Å². The molecule has 3 rings (SSSR count). The molecule has 0 aliphatic carbocycles. The third kappa shape index (κ3) is 6.31. The van der Waals surface area contributed by atoms with Crippen molar-refractivity contribution in [2.24, 2.45) is 11.3 Å². The Morgan fingerprint density at radius 2 is 1.91 bits per heavy atom. The predicted octanol–water partition coefficient (Wildman–Crippen LogP) is 5.13. The van der Waals surface area contributed by atoms with Crippen molar-refractivity contribution in [3.8, 4) is 11.3 Å². The Morgan fingerprint density at radius 1 is 1.22 bits per heavy atom. The number of anilines is 1. The number of halogens is 1. The summed E-state index contributed by atoms with van der Waals surface area (Å²) in [6.07, 6.45) is 1.33. The second-order valence-electron chi connectivity index (χ2n) is 10.1. The van der Waals surface area contributed by atoms with Crippen molar-refractivity contribution in [1.29, 1.82) is 0 Å². The van der Waals surface area contributed by atoms with E-state index in [1.807, 2.05) is 4.90 Å². The molecule has 2 aromatic rings. The standard InChI is InChI=1S/C25H36FN3O3/c1-18(2)10-11-29(22(30)16-25(3,4)5)17-20-23(19-8-6-7-9-21(19)26)27-32-24(20)28-12-14-31-15-13-28/h6-9,18H,10-17H2,1-5H3. The zero-order valence-electron chi connectivity index (χ0n) is 20.0. The van der Waals surface area contributed by atoms with E-state index < -0.39 is 0 Å². The van der Waals surface area contributed by atoms with E-state index in [9.17, 15) is 9.18 Å². The first-order valence-electron chi connectivity index (χ1n) is 11.5. The zero-order valence-corrected chi connectivity index (χ0v) is 20.0. The molecule has 176 valence electrons. The molecule has 1 saturated heterocycles. The van der Waals surface area contributed by atoms with Gasteiger partial charge in [-0.25, -0.2) is 4.39 Å². The van der Waals surface area contributed by atoms with Crippen LogP contribution in [0.1, 0.15) is 53.0 Å². The van der Waals surface area contributed by atoms with Gasteiger partial charge in [-0.05, 0) is 29.9 Å². The molecule has 7 heteroatoms. The monoisotopic (exact) mass is 445 g/mol. The molecule has 6 nitrogen and oxygen atoms in total. The lowest BCUT2D eigenvalue weighted by atomic mass is 9.91. The van der Waals surface area contributed by atoms with Gasteiger partial charge in [0.15, 0.2) is 0 Å². The largest absolute Gasteiger partial charge is 0.378 e. The van der Waals surface area contributed by atoms with Crippen molar-refractivity contribution < 1.29 is 18.4 Å². The van der Waals surface area contributed by atoms with Crippen LogP contribution in [-0.4, -0.2) is 48.8 Å². The minimum Gasteiger partial charge on any atom is -0.378 e. The van der Waals surface area contributed by atoms with Gasteiger partial charge in [0.25, 0.3) is 0 Å². The smallest absolute Gasteiger partial charge is 0.233 e. The van der Waals surface area contributed by atoms with E-state index in [2.05, 4.69) is 44.7 Å². The molecule has 1 aromatic carbocycles. The van der Waals surface area contributed by atoms with Crippen molar-refractivity contribution in [3.05, 3.63) is 35.6 Å². The first-order chi connectivity index (χ1) is 15.2. The fraction of sp³-hybridized carbons (Fsp3) is 0.600. The van der Waals surface area contributed by atoms with Gasteiger partial charge in [-0.3, -0.25) is 4.79 Å². The van der Waals surface area contributed by atoms with Crippen LogP contribution in [0.15, 0.2) is 28.8 Å². The van der Waals surface area contributed by atoms with Crippen molar-refractivity contribution in [1.82, 2.24) is 10.1 Å². The molecule has 2 heterocycles. The average molecular weight is 446 g/mol. The van der Waals surface area contributed by atoms with E-state index in [1.54, 1.807) is 18.2 Å². The molecule has 32 heavy (non-hydrogen) atoms. The van der Waals surface area contributed by atoms with E-state index in [4.69, 9.17) is 9.26 Å². The van der Waals surface area contributed by atoms with Crippen LogP contribution in [0.25, 0.3) is 11.3 Å². The van der Waals surface area contributed by atoms with Crippen molar-refractivity contribution in [2.75, 3.05) is 37.7 Å². The number of aromatic nitrogens is 1. The highest BCUT2D eigenvalue weighted by Crippen LogP contribution is 2.35. The van der Waals surface area contributed by atoms with E-state index in [0.29, 0.717) is 68.9 Å². The maximum atomic E-state index is 14.7. The number of hydrogen-bond acceptors (Lipinski definition) is 5. The van der Waals surface area contributed by atoms with Crippen LogP contribution in [0.2, 0.25) is 0 Å². The van der Waals surface area contributed by atoms with Crippen molar-refractivity contribution in [3.63, 3.8) is 0 Å². The van der Waals surface area contributed by atoms with Crippen LogP contribution < -0.4 is 4.90 Å². The average Bonchev–Trinajstić information content (AvgIpc) is 3.14. The van der Waals surface area contributed by atoms with Crippen LogP contribution in [0.3, 0.4) is 0 Å². The Morgan fingerprint density at radius 3 is 2.53 bits per heavy atom. The maximum absolute atomic E-state index is 14.7. The van der Waals surface area contributed by atoms with Crippen LogP contribution in [0, 0.1) is 17.2 Å². The van der Waals surface area contributed by atoms with Gasteiger partial charge in [0.05, 0.1) is 25.3 Å². The number of amides is 1. The summed E-state index contributed by atoms with van der Waals surface area (Å²) in [6, 6.07) is 6.56. The Hall–Kier alpha value is -2.41. The summed E-state index contributed by atoms with van der Waals surface area (Å²) in [4.78, 5) is 17.2. The van der Waals surface area contributed by atoms with Gasteiger partial charge in [-0.15, -0.1) is 0 Å². The zero-order chi connectivity index (χ0) is 23.3. The lowest BCUT2D eigenvalue weighted by molar-refractivity contribution is -0.133. The molecule has 1 fully saturated rings. The van der Waals surface area contributed by atoms with Crippen LogP contribution in [0.4, 0.5) is 10.3 Å². The molecular formula is C25H36FN3O3. The lowest BCUT2D eigenvalue weighted by Gasteiger charge is -2.30. The molecule has 1 amide bonds. The summed E-state index contributed by atoms with van der Waals surface area (Å²) in [6.45, 7) is 14.0. The van der Waals surface area contributed by atoms with Gasteiger partial charge >= 0.3 is 0 Å². The third-order valence-corrected chi connectivity index (χ3v) is 5.55. The number of rotatable bonds is 8. The summed E-state index contributed by atoms with van der Waals surface area (Å²) in [7, 11) is 0. The van der Waals surface area contributed by atoms with Crippen molar-refractivity contribution >= 4 is 11.8 Å². The predicted molar refractivity (Wildman–Crippen MR) is 124 cm³/mol. The highest BCUT2D eigenvalue weighted by atomic mass is 19.1. The van der Waals surface area contributed by atoms with Gasteiger partial charge < -0.3 is 19.1 Å². The highest BCUT2D eigenvalue weighted by Gasteiger charge is 2.29. The molecule has 0 radical (unpaired) electrons. The van der Waals surface area contributed by atoms with Gasteiger partial charge in [0.1, 0.15) is 11.5 Å². The fourth-order valence-corrected chi connectivity index (χ4v) is 3.79. The molecule has 1 aromatic heterocycles. The molecule has 1 aliphatic heterocycles. The van der Waals surface area contributed by atoms with E-state index in [1.165, 1.54) is 6.07 Å². The van der Waals surface area contributed by atoms with Gasteiger partial charge in [0.2, 0.25) is 11.8 Å². The minimum absolute atomic E-state index is 0.0896. The first-order valence-corrected chi connectivity index (χ1v) is 11.5. The topological polar surface area (TPSA) is 58.8 Å². The highest BCUT2D eigenvalue weighted by molar-refractivity contribution is 5.78. The van der Waals surface area contributed by atoms with Crippen LogP contribution in [-0.2, 0) is 16.1 Å². The van der Waals surface area contributed by atoms with E-state index >= 15 is 0 Å². The summed E-state index contributed by atoms with van der Waals surface area (Å²) in [5, 5.41) is 4.27. The number of carbonyl (C=O) groups excluding carboxylic acids is 1. The van der Waals surface area contributed by atoms with Gasteiger partial charge in [-0.1, -0.05) is 51.9 Å². The quantitative estimate of drug-likeness (QED) is 0.564. The molecule has 0 unspecified atom stereocenters. The second-order valence-corrected chi connectivity index (χ2v) is 10.1. The van der Waals surface area contributed by atoms with Crippen LogP contribution >= 0.6 is 0 Å². The van der Waals surface area contributed by atoms with E-state index in [0.717, 1.165) is 12.0 Å². The normalized spacial score (nSPS) is 14.8. The molecule has 0 saturated carbocycles. The number of morpholine rings is 1. The molecule has 0 spiro atoms. The number of benzene rings is 1. The number of ether oxygens (including phenoxy) is 1. The summed E-state index contributed by atoms with van der Waals surface area (Å²) in [5.74, 6) is 0.800. The third-order valence-electron chi connectivity index (χ3n) is 5.55. The second kappa shape index (κ2) is 10.5. The molecule has 0 N–H and O–H groups in total. The first kappa shape index (κ1) is 24.2. The summed E-state index contributed by atoms with van der Waals surface area (Å²) >= 11 is 0. The molecule has 0 bridgehead atoms. The fourth-order valence-electron chi connectivity index (χ4n) is 3.79. The lowest BCUT2D eigenvalue weighted by Crippen LogP contribution is -2.38. The van der Waals surface area contributed by atoms with E-state index in [-0.39, 0.29) is 17.1 Å². The number of nitrogens with zero attached hydrogens (tertiary/aromatic N) is 3. The SMILES string of the molecule is CC(C)CCN(Cc1c(-c2ccccc2F)noc1N1CCOCC1)C(=O)CC(C)(C)C. The van der Waals surface area contributed by atoms with Gasteiger partial charge in [-0.2, -0.15) is 0 Å². The van der Waals surface area contributed by atoms with Crippen molar-refractivity contribution in [2.45, 2.75) is 54.0 Å². The molecular weight excluding hydrogens is 409 g/mol. The van der Waals surface area contributed by atoms with Crippen LogP contribution in [0.5, 0.6) is 0 Å². The molecule has 0 atom stereocenters. The van der Waals surface area contributed by atoms with Gasteiger partial charge in [0, 0.05) is 31.6 Å². The minimum atomic E-state index is -0.356. The Kier molecular flexibility index (Phi) is 7.93. The number of carbonyl (C=O) groups is 1. The Bertz CT molecular complexity index is 898. The Balaban J connectivity index is 1.99. The number of hydrogen-bond donors (Lipinski definition) is 0.